The third kappa shape index (κ3) is 4.16. The van der Waals surface area contributed by atoms with Crippen molar-refractivity contribution in [1.82, 2.24) is 10.2 Å². The SMILES string of the molecule is CC(=O)SCC(=O)Nc1nnc(-c2ccc(C)c(C)c2)o1. The molecule has 1 heterocycles. The summed E-state index contributed by atoms with van der Waals surface area (Å²) in [5.41, 5.74) is 3.09. The number of carbonyl (C=O) groups is 2. The second-order valence-corrected chi connectivity index (χ2v) is 5.69. The Morgan fingerprint density at radius 1 is 1.24 bits per heavy atom. The van der Waals surface area contributed by atoms with Crippen LogP contribution in [0, 0.1) is 13.8 Å². The van der Waals surface area contributed by atoms with E-state index in [1.807, 2.05) is 32.0 Å². The molecule has 1 N–H and O–H groups in total. The van der Waals surface area contributed by atoms with E-state index in [9.17, 15) is 9.59 Å². The first-order valence-corrected chi connectivity index (χ1v) is 7.28. The molecule has 21 heavy (non-hydrogen) atoms. The van der Waals surface area contributed by atoms with E-state index in [1.54, 1.807) is 0 Å². The Morgan fingerprint density at radius 2 is 2.00 bits per heavy atom. The lowest BCUT2D eigenvalue weighted by atomic mass is 10.1. The third-order valence-corrected chi connectivity index (χ3v) is 3.64. The van der Waals surface area contributed by atoms with Crippen molar-refractivity contribution in [2.24, 2.45) is 0 Å². The molecular weight excluding hydrogens is 290 g/mol. The van der Waals surface area contributed by atoms with Gasteiger partial charge in [-0.1, -0.05) is 22.9 Å². The molecule has 2 rings (SSSR count). The zero-order valence-electron chi connectivity index (χ0n) is 12.0. The van der Waals surface area contributed by atoms with Gasteiger partial charge in [0.25, 0.3) is 0 Å². The standard InChI is InChI=1S/C14H15N3O3S/c1-8-4-5-11(6-9(8)2)13-16-17-14(20-13)15-12(19)7-21-10(3)18/h4-6H,7H2,1-3H3,(H,15,17,19). The van der Waals surface area contributed by atoms with Gasteiger partial charge in [-0.05, 0) is 37.1 Å². The van der Waals surface area contributed by atoms with Gasteiger partial charge in [0.2, 0.25) is 11.8 Å². The van der Waals surface area contributed by atoms with Crippen molar-refractivity contribution in [2.75, 3.05) is 11.1 Å². The van der Waals surface area contributed by atoms with Gasteiger partial charge in [-0.15, -0.1) is 5.10 Å². The van der Waals surface area contributed by atoms with E-state index < -0.39 is 0 Å². The summed E-state index contributed by atoms with van der Waals surface area (Å²) in [5, 5.41) is 10.0. The van der Waals surface area contributed by atoms with Gasteiger partial charge in [-0.3, -0.25) is 14.9 Å². The number of benzene rings is 1. The van der Waals surface area contributed by atoms with Crippen LogP contribution < -0.4 is 5.32 Å². The molecule has 0 unspecified atom stereocenters. The summed E-state index contributed by atoms with van der Waals surface area (Å²) in [5.74, 6) is 0.00885. The van der Waals surface area contributed by atoms with E-state index in [-0.39, 0.29) is 22.8 Å². The number of amides is 1. The smallest absolute Gasteiger partial charge is 0.322 e. The molecule has 0 radical (unpaired) electrons. The number of nitrogens with zero attached hydrogens (tertiary/aromatic N) is 2. The van der Waals surface area contributed by atoms with Crippen LogP contribution in [-0.2, 0) is 9.59 Å². The fourth-order valence-corrected chi connectivity index (χ4v) is 1.99. The molecule has 1 aromatic heterocycles. The minimum atomic E-state index is -0.356. The largest absolute Gasteiger partial charge is 0.403 e. The van der Waals surface area contributed by atoms with Crippen LogP contribution in [0.3, 0.4) is 0 Å². The van der Waals surface area contributed by atoms with Crippen molar-refractivity contribution in [3.8, 4) is 11.5 Å². The second-order valence-electron chi connectivity index (χ2n) is 4.54. The van der Waals surface area contributed by atoms with E-state index in [0.717, 1.165) is 22.9 Å². The van der Waals surface area contributed by atoms with Crippen molar-refractivity contribution in [3.05, 3.63) is 29.3 Å². The summed E-state index contributed by atoms with van der Waals surface area (Å²) in [4.78, 5) is 22.3. The highest BCUT2D eigenvalue weighted by Crippen LogP contribution is 2.22. The number of aromatic nitrogens is 2. The summed E-state index contributed by atoms with van der Waals surface area (Å²) in [6.45, 7) is 5.42. The lowest BCUT2D eigenvalue weighted by Crippen LogP contribution is -2.15. The number of nitrogens with one attached hydrogen (secondary N) is 1. The molecular formula is C14H15N3O3S. The summed E-state index contributed by atoms with van der Waals surface area (Å²) < 4.78 is 5.39. The summed E-state index contributed by atoms with van der Waals surface area (Å²) >= 11 is 0.925. The molecule has 110 valence electrons. The van der Waals surface area contributed by atoms with Crippen LogP contribution >= 0.6 is 11.8 Å². The average molecular weight is 305 g/mol. The Morgan fingerprint density at radius 3 is 2.67 bits per heavy atom. The van der Waals surface area contributed by atoms with Crippen molar-refractivity contribution in [1.29, 1.82) is 0 Å². The number of rotatable bonds is 4. The van der Waals surface area contributed by atoms with E-state index in [2.05, 4.69) is 15.5 Å². The average Bonchev–Trinajstić information content (AvgIpc) is 2.88. The summed E-state index contributed by atoms with van der Waals surface area (Å²) in [6.07, 6.45) is 0. The van der Waals surface area contributed by atoms with Gasteiger partial charge in [0.05, 0.1) is 5.75 Å². The first-order valence-electron chi connectivity index (χ1n) is 6.30. The van der Waals surface area contributed by atoms with Crippen LogP contribution in [0.5, 0.6) is 0 Å². The summed E-state index contributed by atoms with van der Waals surface area (Å²) in [7, 11) is 0. The highest BCUT2D eigenvalue weighted by Gasteiger charge is 2.12. The van der Waals surface area contributed by atoms with Gasteiger partial charge in [-0.2, -0.15) is 0 Å². The number of aryl methyl sites for hydroxylation is 2. The zero-order chi connectivity index (χ0) is 15.4. The van der Waals surface area contributed by atoms with Crippen LogP contribution in [-0.4, -0.2) is 27.0 Å². The fourth-order valence-electron chi connectivity index (χ4n) is 1.59. The second kappa shape index (κ2) is 6.53. The highest BCUT2D eigenvalue weighted by molar-refractivity contribution is 8.14. The van der Waals surface area contributed by atoms with Crippen LogP contribution in [0.15, 0.2) is 22.6 Å². The van der Waals surface area contributed by atoms with E-state index in [1.165, 1.54) is 12.5 Å². The van der Waals surface area contributed by atoms with Gasteiger partial charge < -0.3 is 4.42 Å². The minimum absolute atomic E-state index is 0.0245. The lowest BCUT2D eigenvalue weighted by Gasteiger charge is -2.01. The number of anilines is 1. The lowest BCUT2D eigenvalue weighted by molar-refractivity contribution is -0.114. The molecule has 7 heteroatoms. The molecule has 0 bridgehead atoms. The highest BCUT2D eigenvalue weighted by atomic mass is 32.2. The van der Waals surface area contributed by atoms with Gasteiger partial charge >= 0.3 is 6.01 Å². The fraction of sp³-hybridized carbons (Fsp3) is 0.286. The van der Waals surface area contributed by atoms with E-state index >= 15 is 0 Å². The maximum Gasteiger partial charge on any atom is 0.322 e. The normalized spacial score (nSPS) is 10.4. The Kier molecular flexibility index (Phi) is 4.74. The van der Waals surface area contributed by atoms with E-state index in [0.29, 0.717) is 5.89 Å². The Balaban J connectivity index is 2.05. The van der Waals surface area contributed by atoms with Crippen molar-refractivity contribution in [3.63, 3.8) is 0 Å². The number of carbonyl (C=O) groups excluding carboxylic acids is 2. The molecule has 2 aromatic rings. The van der Waals surface area contributed by atoms with Crippen LogP contribution in [0.2, 0.25) is 0 Å². The predicted octanol–water partition coefficient (Wildman–Crippen LogP) is 2.57. The molecule has 0 fully saturated rings. The van der Waals surface area contributed by atoms with Crippen molar-refractivity contribution >= 4 is 28.8 Å². The van der Waals surface area contributed by atoms with Gasteiger partial charge in [0.15, 0.2) is 5.12 Å². The van der Waals surface area contributed by atoms with Crippen molar-refractivity contribution < 1.29 is 14.0 Å². The van der Waals surface area contributed by atoms with E-state index in [4.69, 9.17) is 4.42 Å². The quantitative estimate of drug-likeness (QED) is 0.934. The number of thioether (sulfide) groups is 1. The van der Waals surface area contributed by atoms with Crippen LogP contribution in [0.1, 0.15) is 18.1 Å². The Labute approximate surface area is 126 Å². The predicted molar refractivity (Wildman–Crippen MR) is 81.0 cm³/mol. The first kappa shape index (κ1) is 15.2. The van der Waals surface area contributed by atoms with Crippen LogP contribution in [0.25, 0.3) is 11.5 Å². The molecule has 0 saturated carbocycles. The molecule has 0 saturated heterocycles. The molecule has 0 aliphatic heterocycles. The molecule has 6 nitrogen and oxygen atoms in total. The van der Waals surface area contributed by atoms with Gasteiger partial charge in [-0.25, -0.2) is 0 Å². The molecule has 0 aliphatic carbocycles. The monoisotopic (exact) mass is 305 g/mol. The maximum absolute atomic E-state index is 11.5. The Hall–Kier alpha value is -2.15. The van der Waals surface area contributed by atoms with Crippen LogP contribution in [0.4, 0.5) is 6.01 Å². The molecule has 0 spiro atoms. The number of hydrogen-bond acceptors (Lipinski definition) is 6. The topological polar surface area (TPSA) is 85.1 Å². The van der Waals surface area contributed by atoms with Crippen molar-refractivity contribution in [2.45, 2.75) is 20.8 Å². The molecule has 0 aliphatic rings. The van der Waals surface area contributed by atoms with Gasteiger partial charge in [0.1, 0.15) is 0 Å². The summed E-state index contributed by atoms with van der Waals surface area (Å²) in [6, 6.07) is 5.82. The molecule has 1 aromatic carbocycles. The maximum atomic E-state index is 11.5. The third-order valence-electron chi connectivity index (χ3n) is 2.83. The molecule has 1 amide bonds. The Bertz CT molecular complexity index is 682. The molecule has 0 atom stereocenters. The first-order chi connectivity index (χ1) is 9.95. The number of hydrogen-bond donors (Lipinski definition) is 1. The van der Waals surface area contributed by atoms with Gasteiger partial charge in [0, 0.05) is 12.5 Å². The zero-order valence-corrected chi connectivity index (χ0v) is 12.8. The minimum Gasteiger partial charge on any atom is -0.403 e.